The SMILES string of the molecule is CC1CN(C(=O)c2cc(N)c(F)cc2F)CC1N(C)C. The van der Waals surface area contributed by atoms with E-state index in [4.69, 9.17) is 5.73 Å². The fourth-order valence-corrected chi connectivity index (χ4v) is 2.69. The summed E-state index contributed by atoms with van der Waals surface area (Å²) in [6, 6.07) is 1.96. The number of benzene rings is 1. The molecule has 2 N–H and O–H groups in total. The number of nitrogens with two attached hydrogens (primary N) is 1. The van der Waals surface area contributed by atoms with Gasteiger partial charge in [0.05, 0.1) is 11.3 Å². The Hall–Kier alpha value is -1.69. The van der Waals surface area contributed by atoms with E-state index in [1.165, 1.54) is 0 Å². The van der Waals surface area contributed by atoms with Gasteiger partial charge in [0.1, 0.15) is 11.6 Å². The highest BCUT2D eigenvalue weighted by molar-refractivity contribution is 5.95. The molecular weight excluding hydrogens is 264 g/mol. The summed E-state index contributed by atoms with van der Waals surface area (Å²) in [6.07, 6.45) is 0. The van der Waals surface area contributed by atoms with Crippen LogP contribution in [-0.4, -0.2) is 48.9 Å². The van der Waals surface area contributed by atoms with Crippen LogP contribution in [0.3, 0.4) is 0 Å². The van der Waals surface area contributed by atoms with E-state index in [0.717, 1.165) is 6.07 Å². The summed E-state index contributed by atoms with van der Waals surface area (Å²) in [7, 11) is 3.90. The number of hydrogen-bond acceptors (Lipinski definition) is 3. The van der Waals surface area contributed by atoms with Gasteiger partial charge in [-0.1, -0.05) is 6.92 Å². The highest BCUT2D eigenvalue weighted by Gasteiger charge is 2.34. The summed E-state index contributed by atoms with van der Waals surface area (Å²) < 4.78 is 26.9. The lowest BCUT2D eigenvalue weighted by molar-refractivity contribution is 0.0776. The van der Waals surface area contributed by atoms with Crippen molar-refractivity contribution in [2.45, 2.75) is 13.0 Å². The number of halogens is 2. The van der Waals surface area contributed by atoms with Gasteiger partial charge in [-0.25, -0.2) is 8.78 Å². The second kappa shape index (κ2) is 5.36. The monoisotopic (exact) mass is 283 g/mol. The molecule has 0 saturated carbocycles. The third kappa shape index (κ3) is 2.60. The molecule has 0 spiro atoms. The molecular formula is C14H19F2N3O. The number of amides is 1. The Labute approximate surface area is 117 Å². The smallest absolute Gasteiger partial charge is 0.256 e. The molecule has 1 aromatic carbocycles. The molecule has 1 fully saturated rings. The maximum Gasteiger partial charge on any atom is 0.256 e. The van der Waals surface area contributed by atoms with Crippen LogP contribution in [0.2, 0.25) is 0 Å². The average Bonchev–Trinajstić information content (AvgIpc) is 2.75. The van der Waals surface area contributed by atoms with Crippen LogP contribution in [0.4, 0.5) is 14.5 Å². The lowest BCUT2D eigenvalue weighted by Crippen LogP contribution is -2.36. The molecule has 1 amide bonds. The van der Waals surface area contributed by atoms with Gasteiger partial charge >= 0.3 is 0 Å². The Kier molecular flexibility index (Phi) is 3.94. The Bertz CT molecular complexity index is 533. The van der Waals surface area contributed by atoms with Gasteiger partial charge in [-0.2, -0.15) is 0 Å². The van der Waals surface area contributed by atoms with Crippen molar-refractivity contribution in [2.75, 3.05) is 32.9 Å². The van der Waals surface area contributed by atoms with Crippen LogP contribution in [-0.2, 0) is 0 Å². The van der Waals surface area contributed by atoms with Gasteiger partial charge in [-0.05, 0) is 26.1 Å². The van der Waals surface area contributed by atoms with Crippen LogP contribution in [0.1, 0.15) is 17.3 Å². The lowest BCUT2D eigenvalue weighted by Gasteiger charge is -2.22. The molecule has 20 heavy (non-hydrogen) atoms. The number of nitrogens with zero attached hydrogens (tertiary/aromatic N) is 2. The Morgan fingerprint density at radius 2 is 1.95 bits per heavy atom. The molecule has 1 aliphatic rings. The van der Waals surface area contributed by atoms with E-state index < -0.39 is 17.5 Å². The van der Waals surface area contributed by atoms with E-state index in [-0.39, 0.29) is 17.3 Å². The molecule has 4 nitrogen and oxygen atoms in total. The summed E-state index contributed by atoms with van der Waals surface area (Å²) in [6.45, 7) is 3.13. The number of carbonyl (C=O) groups is 1. The highest BCUT2D eigenvalue weighted by Crippen LogP contribution is 2.24. The van der Waals surface area contributed by atoms with Crippen molar-refractivity contribution in [3.8, 4) is 0 Å². The van der Waals surface area contributed by atoms with Crippen LogP contribution in [0.5, 0.6) is 0 Å². The van der Waals surface area contributed by atoms with Crippen molar-refractivity contribution in [2.24, 2.45) is 5.92 Å². The van der Waals surface area contributed by atoms with Crippen LogP contribution in [0.25, 0.3) is 0 Å². The predicted octanol–water partition coefficient (Wildman–Crippen LogP) is 1.57. The molecule has 0 aliphatic carbocycles. The van der Waals surface area contributed by atoms with E-state index in [0.29, 0.717) is 25.1 Å². The van der Waals surface area contributed by atoms with E-state index in [1.54, 1.807) is 4.90 Å². The zero-order valence-corrected chi connectivity index (χ0v) is 11.9. The van der Waals surface area contributed by atoms with Gasteiger partial charge in [0.2, 0.25) is 0 Å². The third-order valence-electron chi connectivity index (χ3n) is 3.84. The molecule has 1 heterocycles. The molecule has 2 atom stereocenters. The number of nitrogen functional groups attached to an aromatic ring is 1. The minimum Gasteiger partial charge on any atom is -0.396 e. The summed E-state index contributed by atoms with van der Waals surface area (Å²) in [4.78, 5) is 16.0. The second-order valence-electron chi connectivity index (χ2n) is 5.57. The summed E-state index contributed by atoms with van der Waals surface area (Å²) >= 11 is 0. The van der Waals surface area contributed by atoms with Crippen LogP contribution in [0.15, 0.2) is 12.1 Å². The Morgan fingerprint density at radius 1 is 1.30 bits per heavy atom. The minimum atomic E-state index is -0.873. The van der Waals surface area contributed by atoms with Gasteiger partial charge in [0, 0.05) is 25.2 Å². The number of likely N-dealkylation sites (tertiary alicyclic amines) is 1. The zero-order chi connectivity index (χ0) is 15.0. The molecule has 1 aromatic rings. The quantitative estimate of drug-likeness (QED) is 0.838. The average molecular weight is 283 g/mol. The Morgan fingerprint density at radius 3 is 2.50 bits per heavy atom. The van der Waals surface area contributed by atoms with Crippen molar-refractivity contribution >= 4 is 11.6 Å². The van der Waals surface area contributed by atoms with E-state index >= 15 is 0 Å². The summed E-state index contributed by atoms with van der Waals surface area (Å²) in [5, 5.41) is 0. The number of likely N-dealkylation sites (N-methyl/N-ethyl adjacent to an activating group) is 1. The van der Waals surface area contributed by atoms with Crippen LogP contribution < -0.4 is 5.73 Å². The molecule has 6 heteroatoms. The van der Waals surface area contributed by atoms with Gasteiger partial charge in [0.15, 0.2) is 0 Å². The zero-order valence-electron chi connectivity index (χ0n) is 11.9. The standard InChI is InChI=1S/C14H19F2N3O/c1-8-6-19(7-13(8)18(2)3)14(20)9-4-12(17)11(16)5-10(9)15/h4-5,8,13H,6-7,17H2,1-3H3. The molecule has 110 valence electrons. The summed E-state index contributed by atoms with van der Waals surface area (Å²) in [5.41, 5.74) is 5.02. The topological polar surface area (TPSA) is 49.6 Å². The molecule has 0 bridgehead atoms. The third-order valence-corrected chi connectivity index (χ3v) is 3.84. The van der Waals surface area contributed by atoms with Crippen molar-refractivity contribution in [1.82, 2.24) is 9.80 Å². The summed E-state index contributed by atoms with van der Waals surface area (Å²) in [5.74, 6) is -1.86. The van der Waals surface area contributed by atoms with Crippen LogP contribution >= 0.6 is 0 Å². The molecule has 1 aliphatic heterocycles. The first-order chi connectivity index (χ1) is 9.31. The van der Waals surface area contributed by atoms with Gasteiger partial charge in [-0.3, -0.25) is 4.79 Å². The van der Waals surface area contributed by atoms with Crippen molar-refractivity contribution in [3.63, 3.8) is 0 Å². The number of rotatable bonds is 2. The molecule has 0 radical (unpaired) electrons. The highest BCUT2D eigenvalue weighted by atomic mass is 19.1. The first-order valence-electron chi connectivity index (χ1n) is 6.51. The molecule has 0 aromatic heterocycles. The van der Waals surface area contributed by atoms with E-state index in [2.05, 4.69) is 0 Å². The van der Waals surface area contributed by atoms with E-state index in [1.807, 2.05) is 25.9 Å². The maximum absolute atomic E-state index is 13.7. The molecule has 2 rings (SSSR count). The first kappa shape index (κ1) is 14.7. The molecule has 2 unspecified atom stereocenters. The predicted molar refractivity (Wildman–Crippen MR) is 73.3 cm³/mol. The largest absolute Gasteiger partial charge is 0.396 e. The van der Waals surface area contributed by atoms with Crippen molar-refractivity contribution < 1.29 is 13.6 Å². The number of carbonyl (C=O) groups excluding carboxylic acids is 1. The normalized spacial score (nSPS) is 22.6. The van der Waals surface area contributed by atoms with Crippen molar-refractivity contribution in [1.29, 1.82) is 0 Å². The van der Waals surface area contributed by atoms with Crippen molar-refractivity contribution in [3.05, 3.63) is 29.3 Å². The molecule has 1 saturated heterocycles. The number of anilines is 1. The number of hydrogen-bond donors (Lipinski definition) is 1. The van der Waals surface area contributed by atoms with Gasteiger partial charge in [-0.15, -0.1) is 0 Å². The maximum atomic E-state index is 13.7. The lowest BCUT2D eigenvalue weighted by atomic mass is 10.1. The Balaban J connectivity index is 2.23. The fraction of sp³-hybridized carbons (Fsp3) is 0.500. The van der Waals surface area contributed by atoms with Gasteiger partial charge in [0.25, 0.3) is 5.91 Å². The second-order valence-corrected chi connectivity index (χ2v) is 5.57. The van der Waals surface area contributed by atoms with Crippen LogP contribution in [0, 0.1) is 17.6 Å². The minimum absolute atomic E-state index is 0.171. The van der Waals surface area contributed by atoms with E-state index in [9.17, 15) is 13.6 Å². The fourth-order valence-electron chi connectivity index (χ4n) is 2.69. The first-order valence-corrected chi connectivity index (χ1v) is 6.51. The van der Waals surface area contributed by atoms with Gasteiger partial charge < -0.3 is 15.5 Å².